The minimum absolute atomic E-state index is 0.0806. The third-order valence-corrected chi connectivity index (χ3v) is 7.66. The van der Waals surface area contributed by atoms with Crippen LogP contribution in [0.15, 0.2) is 42.5 Å². The molecule has 0 aromatic heterocycles. The molecule has 6 nitrogen and oxygen atoms in total. The van der Waals surface area contributed by atoms with Crippen molar-refractivity contribution in [1.29, 1.82) is 0 Å². The predicted octanol–water partition coefficient (Wildman–Crippen LogP) is 4.73. The first-order chi connectivity index (χ1) is 15.5. The van der Waals surface area contributed by atoms with Gasteiger partial charge in [0.1, 0.15) is 11.4 Å². The molecule has 0 saturated heterocycles. The summed E-state index contributed by atoms with van der Waals surface area (Å²) >= 11 is 0. The van der Waals surface area contributed by atoms with E-state index >= 15 is 0 Å². The molecule has 1 saturated carbocycles. The molecule has 5 rings (SSSR count). The van der Waals surface area contributed by atoms with Crippen LogP contribution in [-0.4, -0.2) is 25.7 Å². The van der Waals surface area contributed by atoms with Crippen molar-refractivity contribution < 1.29 is 31.1 Å². The van der Waals surface area contributed by atoms with E-state index in [1.807, 2.05) is 0 Å². The molecule has 1 fully saturated rings. The van der Waals surface area contributed by atoms with Gasteiger partial charge < -0.3 is 10.1 Å². The summed E-state index contributed by atoms with van der Waals surface area (Å²) in [6.07, 6.45) is -0.0379. The van der Waals surface area contributed by atoms with Gasteiger partial charge in [0.2, 0.25) is 15.9 Å². The molecule has 10 heteroatoms. The first-order valence-corrected chi connectivity index (χ1v) is 12.2. The van der Waals surface area contributed by atoms with Crippen LogP contribution < -0.4 is 14.8 Å². The van der Waals surface area contributed by atoms with Gasteiger partial charge in [-0.05, 0) is 55.5 Å². The van der Waals surface area contributed by atoms with Crippen LogP contribution in [0.4, 0.5) is 24.5 Å². The van der Waals surface area contributed by atoms with Crippen molar-refractivity contribution in [2.75, 3.05) is 15.8 Å². The number of anilines is 2. The number of sulfonamides is 1. The van der Waals surface area contributed by atoms with Crippen LogP contribution >= 0.6 is 0 Å². The third-order valence-electron chi connectivity index (χ3n) is 6.38. The lowest BCUT2D eigenvalue weighted by atomic mass is 9.72. The summed E-state index contributed by atoms with van der Waals surface area (Å²) in [5, 5.41) is 2.80. The molecular formula is C23H21F3N2O4S. The molecule has 2 aromatic carbocycles. The number of carbonyl (C=O) groups excluding carboxylic acids is 1. The van der Waals surface area contributed by atoms with Crippen molar-refractivity contribution >= 4 is 32.9 Å². The molecule has 0 unspecified atom stereocenters. The molecule has 174 valence electrons. The van der Waals surface area contributed by atoms with E-state index in [1.54, 1.807) is 18.2 Å². The van der Waals surface area contributed by atoms with Gasteiger partial charge in [0.25, 0.3) is 0 Å². The number of ether oxygens (including phenoxy) is 1. The Morgan fingerprint density at radius 3 is 2.67 bits per heavy atom. The van der Waals surface area contributed by atoms with Crippen molar-refractivity contribution in [3.63, 3.8) is 0 Å². The number of benzene rings is 2. The number of hydrogen-bond acceptors (Lipinski definition) is 4. The molecule has 3 aliphatic rings. The van der Waals surface area contributed by atoms with Gasteiger partial charge in [-0.25, -0.2) is 8.42 Å². The number of alkyl halides is 3. The molecule has 0 radical (unpaired) electrons. The summed E-state index contributed by atoms with van der Waals surface area (Å²) in [4.78, 5) is 12.9. The maximum atomic E-state index is 13.2. The maximum absolute atomic E-state index is 13.2. The zero-order valence-corrected chi connectivity index (χ0v) is 18.3. The molecule has 2 heterocycles. The lowest BCUT2D eigenvalue weighted by Gasteiger charge is -2.46. The van der Waals surface area contributed by atoms with Crippen LogP contribution in [0, 0.1) is 0 Å². The highest BCUT2D eigenvalue weighted by Crippen LogP contribution is 2.50. The second-order valence-corrected chi connectivity index (χ2v) is 10.5. The molecule has 1 spiro atoms. The Morgan fingerprint density at radius 2 is 1.97 bits per heavy atom. The lowest BCUT2D eigenvalue weighted by molar-refractivity contribution is -0.138. The van der Waals surface area contributed by atoms with E-state index < -0.39 is 33.3 Å². The van der Waals surface area contributed by atoms with E-state index in [2.05, 4.69) is 10.0 Å². The van der Waals surface area contributed by atoms with Crippen LogP contribution in [0.5, 0.6) is 5.75 Å². The maximum Gasteiger partial charge on any atom is 0.416 e. The van der Waals surface area contributed by atoms with Crippen molar-refractivity contribution in [3.05, 3.63) is 59.2 Å². The smallest absolute Gasteiger partial charge is 0.416 e. The zero-order valence-electron chi connectivity index (χ0n) is 17.5. The molecule has 2 aromatic rings. The molecule has 0 bridgehead atoms. The topological polar surface area (TPSA) is 84.5 Å². The highest BCUT2D eigenvalue weighted by atomic mass is 32.2. The quantitative estimate of drug-likeness (QED) is 0.612. The van der Waals surface area contributed by atoms with E-state index in [0.717, 1.165) is 18.6 Å². The van der Waals surface area contributed by atoms with Crippen LogP contribution in [0.3, 0.4) is 0 Å². The van der Waals surface area contributed by atoms with Gasteiger partial charge in [-0.1, -0.05) is 12.1 Å². The minimum atomic E-state index is -4.49. The number of rotatable bonds is 2. The molecule has 2 N–H and O–H groups in total. The Morgan fingerprint density at radius 1 is 1.18 bits per heavy atom. The van der Waals surface area contributed by atoms with Crippen molar-refractivity contribution in [1.82, 2.24) is 0 Å². The second kappa shape index (κ2) is 7.51. The SMILES string of the molecule is O=C(/C=C1\CC2(CCC2)Oc2cc(C(F)(F)F)ccc21)Nc1cccc2c1CCS(=O)(=O)N2. The average Bonchev–Trinajstić information content (AvgIpc) is 2.70. The van der Waals surface area contributed by atoms with E-state index in [9.17, 15) is 26.4 Å². The van der Waals surface area contributed by atoms with Crippen LogP contribution in [0.1, 0.15) is 42.4 Å². The molecular weight excluding hydrogens is 457 g/mol. The van der Waals surface area contributed by atoms with Crippen molar-refractivity contribution in [2.24, 2.45) is 0 Å². The van der Waals surface area contributed by atoms with Gasteiger partial charge in [0.15, 0.2) is 0 Å². The van der Waals surface area contributed by atoms with E-state index in [1.165, 1.54) is 12.1 Å². The second-order valence-electron chi connectivity index (χ2n) is 8.69. The van der Waals surface area contributed by atoms with E-state index in [-0.39, 0.29) is 17.9 Å². The van der Waals surface area contributed by atoms with Gasteiger partial charge in [-0.15, -0.1) is 0 Å². The summed E-state index contributed by atoms with van der Waals surface area (Å²) in [6.45, 7) is 0. The zero-order chi connectivity index (χ0) is 23.4. The minimum Gasteiger partial charge on any atom is -0.486 e. The molecule has 1 amide bonds. The van der Waals surface area contributed by atoms with Gasteiger partial charge in [0, 0.05) is 29.3 Å². The number of fused-ring (bicyclic) bond motifs is 2. The fraction of sp³-hybridized carbons (Fsp3) is 0.348. The first kappa shape index (κ1) is 21.8. The third kappa shape index (κ3) is 4.19. The summed E-state index contributed by atoms with van der Waals surface area (Å²) in [7, 11) is -3.39. The number of carbonyl (C=O) groups is 1. The Bertz CT molecular complexity index is 1280. The van der Waals surface area contributed by atoms with Gasteiger partial charge in [-0.2, -0.15) is 13.2 Å². The standard InChI is InChI=1S/C23H21F3N2O4S/c24-23(25,26)15-5-6-16-14(13-22(8-2-9-22)32-20(16)12-15)11-21(29)27-18-3-1-4-19-17(18)7-10-33(30,31)28-19/h1,3-6,11-12,28H,2,7-10,13H2,(H,27,29)/b14-11+. The first-order valence-electron chi connectivity index (χ1n) is 10.6. The fourth-order valence-electron chi connectivity index (χ4n) is 4.59. The Balaban J connectivity index is 1.46. The Labute approximate surface area is 188 Å². The summed E-state index contributed by atoms with van der Waals surface area (Å²) < 4.78 is 71.7. The normalized spacial score (nSPS) is 21.2. The highest BCUT2D eigenvalue weighted by Gasteiger charge is 2.44. The Kier molecular flexibility index (Phi) is 4.97. The monoisotopic (exact) mass is 478 g/mol. The molecule has 2 aliphatic heterocycles. The number of amides is 1. The van der Waals surface area contributed by atoms with Gasteiger partial charge in [0.05, 0.1) is 17.0 Å². The average molecular weight is 478 g/mol. The Hall–Kier alpha value is -3.01. The molecule has 0 atom stereocenters. The molecule has 1 aliphatic carbocycles. The van der Waals surface area contributed by atoms with Crippen LogP contribution in [0.2, 0.25) is 0 Å². The van der Waals surface area contributed by atoms with Gasteiger partial charge >= 0.3 is 6.18 Å². The fourth-order valence-corrected chi connectivity index (χ4v) is 5.69. The van der Waals surface area contributed by atoms with E-state index in [0.29, 0.717) is 47.3 Å². The lowest BCUT2D eigenvalue weighted by Crippen LogP contribution is -2.45. The van der Waals surface area contributed by atoms with Crippen molar-refractivity contribution in [3.8, 4) is 5.75 Å². The van der Waals surface area contributed by atoms with Crippen LogP contribution in [0.25, 0.3) is 5.57 Å². The van der Waals surface area contributed by atoms with Crippen molar-refractivity contribution in [2.45, 2.75) is 43.9 Å². The predicted molar refractivity (Wildman–Crippen MR) is 117 cm³/mol. The molecule has 33 heavy (non-hydrogen) atoms. The summed E-state index contributed by atoms with van der Waals surface area (Å²) in [6, 6.07) is 8.30. The van der Waals surface area contributed by atoms with E-state index in [4.69, 9.17) is 4.74 Å². The number of halogens is 3. The summed E-state index contributed by atoms with van der Waals surface area (Å²) in [5.41, 5.74) is 1.34. The number of hydrogen-bond donors (Lipinski definition) is 2. The van der Waals surface area contributed by atoms with Crippen LogP contribution in [-0.2, 0) is 27.4 Å². The highest BCUT2D eigenvalue weighted by molar-refractivity contribution is 7.92. The largest absolute Gasteiger partial charge is 0.486 e. The number of nitrogens with one attached hydrogen (secondary N) is 2. The van der Waals surface area contributed by atoms with Gasteiger partial charge in [-0.3, -0.25) is 9.52 Å². The summed E-state index contributed by atoms with van der Waals surface area (Å²) in [5.74, 6) is -0.377.